The highest BCUT2D eigenvalue weighted by Gasteiger charge is 2.15. The number of fused-ring (bicyclic) bond motifs is 1. The summed E-state index contributed by atoms with van der Waals surface area (Å²) in [6.07, 6.45) is 1.53. The molecular formula is C9H5O4. The van der Waals surface area contributed by atoms with E-state index < -0.39 is 0 Å². The zero-order valence-corrected chi connectivity index (χ0v) is 6.48. The maximum atomic E-state index is 10.3. The predicted octanol–water partition coefficient (Wildman–Crippen LogP) is 1.74. The van der Waals surface area contributed by atoms with E-state index in [-0.39, 0.29) is 11.5 Å². The van der Waals surface area contributed by atoms with Crippen molar-refractivity contribution in [2.24, 2.45) is 0 Å². The Morgan fingerprint density at radius 2 is 2.15 bits per heavy atom. The van der Waals surface area contributed by atoms with Crippen LogP contribution in [0.1, 0.15) is 5.76 Å². The van der Waals surface area contributed by atoms with E-state index in [1.54, 1.807) is 24.3 Å². The second kappa shape index (κ2) is 2.91. The Labute approximate surface area is 73.3 Å². The molecule has 1 aromatic heterocycles. The molecule has 2 rings (SSSR count). The molecule has 4 heteroatoms. The van der Waals surface area contributed by atoms with Crippen LogP contribution >= 0.6 is 0 Å². The quantitative estimate of drug-likeness (QED) is 0.560. The van der Waals surface area contributed by atoms with Crippen molar-refractivity contribution in [1.82, 2.24) is 0 Å². The van der Waals surface area contributed by atoms with E-state index in [0.717, 1.165) is 0 Å². The van der Waals surface area contributed by atoms with Gasteiger partial charge in [-0.1, -0.05) is 12.1 Å². The molecule has 0 aliphatic heterocycles. The third-order valence-electron chi connectivity index (χ3n) is 1.73. The minimum atomic E-state index is -0.135. The van der Waals surface area contributed by atoms with Crippen LogP contribution in [0.15, 0.2) is 28.7 Å². The first-order valence-electron chi connectivity index (χ1n) is 3.58. The Bertz CT molecular complexity index is 444. The zero-order valence-electron chi connectivity index (χ0n) is 6.48. The Hall–Kier alpha value is -1.81. The van der Waals surface area contributed by atoms with Gasteiger partial charge in [-0.2, -0.15) is 0 Å². The first-order chi connectivity index (χ1) is 6.36. The molecule has 0 spiro atoms. The molecule has 1 aromatic carbocycles. The summed E-state index contributed by atoms with van der Waals surface area (Å²) in [4.78, 5) is 14.4. The van der Waals surface area contributed by atoms with Crippen LogP contribution < -0.4 is 4.89 Å². The van der Waals surface area contributed by atoms with Gasteiger partial charge in [0.25, 0.3) is 6.29 Å². The van der Waals surface area contributed by atoms with Crippen LogP contribution in [0.3, 0.4) is 0 Å². The van der Waals surface area contributed by atoms with E-state index in [9.17, 15) is 4.79 Å². The number of para-hydroxylation sites is 1. The van der Waals surface area contributed by atoms with Crippen molar-refractivity contribution in [1.29, 1.82) is 0 Å². The van der Waals surface area contributed by atoms with Crippen molar-refractivity contribution >= 4 is 17.3 Å². The summed E-state index contributed by atoms with van der Waals surface area (Å²) in [5.74, 6) is -0.130. The van der Waals surface area contributed by atoms with Crippen LogP contribution in [-0.4, -0.2) is 11.5 Å². The van der Waals surface area contributed by atoms with Gasteiger partial charge >= 0.3 is 0 Å². The number of hydrogen-bond donors (Lipinski definition) is 1. The highest BCUT2D eigenvalue weighted by Crippen LogP contribution is 2.31. The third kappa shape index (κ3) is 1.08. The SMILES string of the molecule is O=[C]c1oc2ccccc2c1OO. The van der Waals surface area contributed by atoms with Crippen LogP contribution in [0, 0.1) is 0 Å². The highest BCUT2D eigenvalue weighted by atomic mass is 17.1. The normalized spacial score (nSPS) is 10.2. The van der Waals surface area contributed by atoms with Crippen LogP contribution in [0.4, 0.5) is 0 Å². The molecule has 0 saturated heterocycles. The molecule has 1 N–H and O–H groups in total. The average molecular weight is 177 g/mol. The van der Waals surface area contributed by atoms with Crippen LogP contribution in [0.2, 0.25) is 0 Å². The first-order valence-corrected chi connectivity index (χ1v) is 3.58. The maximum absolute atomic E-state index is 10.3. The van der Waals surface area contributed by atoms with E-state index in [1.807, 2.05) is 0 Å². The largest absolute Gasteiger partial charge is 0.448 e. The third-order valence-corrected chi connectivity index (χ3v) is 1.73. The minimum Gasteiger partial charge on any atom is -0.448 e. The summed E-state index contributed by atoms with van der Waals surface area (Å²) >= 11 is 0. The Kier molecular flexibility index (Phi) is 1.75. The topological polar surface area (TPSA) is 59.7 Å². The lowest BCUT2D eigenvalue weighted by Crippen LogP contribution is -1.86. The summed E-state index contributed by atoms with van der Waals surface area (Å²) in [6.45, 7) is 0. The van der Waals surface area contributed by atoms with Gasteiger partial charge in [0.1, 0.15) is 5.58 Å². The molecule has 0 fully saturated rings. The first kappa shape index (κ1) is 7.82. The van der Waals surface area contributed by atoms with Gasteiger partial charge in [-0.15, -0.1) is 0 Å². The molecule has 65 valence electrons. The summed E-state index contributed by atoms with van der Waals surface area (Å²) in [7, 11) is 0. The van der Waals surface area contributed by atoms with E-state index in [4.69, 9.17) is 9.67 Å². The monoisotopic (exact) mass is 177 g/mol. The molecular weight excluding hydrogens is 172 g/mol. The van der Waals surface area contributed by atoms with E-state index in [0.29, 0.717) is 11.0 Å². The van der Waals surface area contributed by atoms with Crippen LogP contribution in [-0.2, 0) is 4.79 Å². The fourth-order valence-corrected chi connectivity index (χ4v) is 1.18. The van der Waals surface area contributed by atoms with Gasteiger partial charge in [-0.3, -0.25) is 4.79 Å². The standard InChI is InChI=1S/C9H5O4/c10-5-8-9(13-11)6-3-1-2-4-7(6)12-8/h1-4,11H. The van der Waals surface area contributed by atoms with E-state index in [1.165, 1.54) is 6.29 Å². The van der Waals surface area contributed by atoms with Crippen LogP contribution in [0.5, 0.6) is 5.75 Å². The lowest BCUT2D eigenvalue weighted by molar-refractivity contribution is -0.136. The van der Waals surface area contributed by atoms with Crippen LogP contribution in [0.25, 0.3) is 11.0 Å². The smallest absolute Gasteiger partial charge is 0.276 e. The summed E-state index contributed by atoms with van der Waals surface area (Å²) in [6, 6.07) is 6.83. The predicted molar refractivity (Wildman–Crippen MR) is 44.3 cm³/mol. The van der Waals surface area contributed by atoms with Gasteiger partial charge in [0.05, 0.1) is 5.39 Å². The Morgan fingerprint density at radius 3 is 2.85 bits per heavy atom. The molecule has 0 unspecified atom stereocenters. The molecule has 0 atom stereocenters. The molecule has 1 heterocycles. The molecule has 0 aliphatic carbocycles. The highest BCUT2D eigenvalue weighted by molar-refractivity contribution is 5.92. The number of rotatable bonds is 2. The molecule has 13 heavy (non-hydrogen) atoms. The van der Waals surface area contributed by atoms with E-state index >= 15 is 0 Å². The van der Waals surface area contributed by atoms with Gasteiger partial charge in [0, 0.05) is 0 Å². The van der Waals surface area contributed by atoms with Gasteiger partial charge < -0.3 is 9.30 Å². The number of hydrogen-bond acceptors (Lipinski definition) is 4. The van der Waals surface area contributed by atoms with Gasteiger partial charge in [-0.05, 0) is 12.1 Å². The maximum Gasteiger partial charge on any atom is 0.276 e. The molecule has 0 saturated carbocycles. The summed E-state index contributed by atoms with van der Waals surface area (Å²) < 4.78 is 5.03. The van der Waals surface area contributed by atoms with Crippen molar-refractivity contribution in [2.45, 2.75) is 0 Å². The second-order valence-corrected chi connectivity index (χ2v) is 2.45. The van der Waals surface area contributed by atoms with Gasteiger partial charge in [0.15, 0.2) is 0 Å². The number of benzene rings is 1. The summed E-state index contributed by atoms with van der Waals surface area (Å²) in [5, 5.41) is 9.04. The Balaban J connectivity index is 2.81. The lowest BCUT2D eigenvalue weighted by atomic mass is 10.2. The van der Waals surface area contributed by atoms with Crippen molar-refractivity contribution in [3.05, 3.63) is 30.0 Å². The summed E-state index contributed by atoms with van der Waals surface area (Å²) in [5.41, 5.74) is 0.477. The minimum absolute atomic E-state index is 0.00519. The van der Waals surface area contributed by atoms with Gasteiger partial charge in [-0.25, -0.2) is 5.26 Å². The van der Waals surface area contributed by atoms with Crippen molar-refractivity contribution < 1.29 is 19.4 Å². The van der Waals surface area contributed by atoms with Gasteiger partial charge in [0.2, 0.25) is 11.5 Å². The second-order valence-electron chi connectivity index (χ2n) is 2.45. The molecule has 4 nitrogen and oxygen atoms in total. The average Bonchev–Trinajstić information content (AvgIpc) is 2.55. The van der Waals surface area contributed by atoms with Crippen molar-refractivity contribution in [2.75, 3.05) is 0 Å². The van der Waals surface area contributed by atoms with Crippen molar-refractivity contribution in [3.8, 4) is 5.75 Å². The zero-order chi connectivity index (χ0) is 9.26. The van der Waals surface area contributed by atoms with Crippen molar-refractivity contribution in [3.63, 3.8) is 0 Å². The fourth-order valence-electron chi connectivity index (χ4n) is 1.18. The van der Waals surface area contributed by atoms with E-state index in [2.05, 4.69) is 4.89 Å². The number of carbonyl (C=O) groups excluding carboxylic acids is 1. The fraction of sp³-hybridized carbons (Fsp3) is 0. The lowest BCUT2D eigenvalue weighted by Gasteiger charge is -1.90. The molecule has 1 radical (unpaired) electrons. The molecule has 2 aromatic rings. The number of furan rings is 1. The molecule has 0 bridgehead atoms. The molecule has 0 amide bonds. The Morgan fingerprint density at radius 1 is 1.38 bits per heavy atom. The molecule has 0 aliphatic rings.